The average Bonchev–Trinajstić information content (AvgIpc) is 3.27. The van der Waals surface area contributed by atoms with E-state index in [1.807, 2.05) is 37.3 Å². The second-order valence-corrected chi connectivity index (χ2v) is 8.71. The number of rotatable bonds is 12. The third kappa shape index (κ3) is 5.75. The van der Waals surface area contributed by atoms with Crippen molar-refractivity contribution >= 4 is 5.97 Å². The van der Waals surface area contributed by atoms with Gasteiger partial charge in [0.15, 0.2) is 23.0 Å². The summed E-state index contributed by atoms with van der Waals surface area (Å²) in [5, 5.41) is 9.80. The van der Waals surface area contributed by atoms with Gasteiger partial charge in [-0.05, 0) is 66.5 Å². The van der Waals surface area contributed by atoms with Crippen LogP contribution in [0, 0.1) is 17.8 Å². The summed E-state index contributed by atoms with van der Waals surface area (Å²) in [6.45, 7) is 2.42. The summed E-state index contributed by atoms with van der Waals surface area (Å²) in [6.07, 6.45) is 1.48. The van der Waals surface area contributed by atoms with Crippen LogP contribution in [0.1, 0.15) is 37.0 Å². The molecule has 0 amide bonds. The van der Waals surface area contributed by atoms with E-state index in [0.717, 1.165) is 17.5 Å². The summed E-state index contributed by atoms with van der Waals surface area (Å²) in [5.41, 5.74) is 1.95. The first-order valence-corrected chi connectivity index (χ1v) is 11.8. The molecule has 0 aliphatic carbocycles. The van der Waals surface area contributed by atoms with E-state index in [9.17, 15) is 9.90 Å². The largest absolute Gasteiger partial charge is 0.493 e. The summed E-state index contributed by atoms with van der Waals surface area (Å²) in [5.74, 6) is 1.77. The van der Waals surface area contributed by atoms with Crippen LogP contribution in [0.15, 0.2) is 30.3 Å². The van der Waals surface area contributed by atoms with E-state index < -0.39 is 11.9 Å². The Labute approximate surface area is 207 Å². The van der Waals surface area contributed by atoms with E-state index in [4.69, 9.17) is 28.4 Å². The van der Waals surface area contributed by atoms with E-state index in [2.05, 4.69) is 0 Å². The zero-order chi connectivity index (χ0) is 25.5. The second-order valence-electron chi connectivity index (χ2n) is 8.71. The predicted octanol–water partition coefficient (Wildman–Crippen LogP) is 4.78. The second kappa shape index (κ2) is 12.0. The van der Waals surface area contributed by atoms with Crippen molar-refractivity contribution in [3.8, 4) is 28.7 Å². The first-order chi connectivity index (χ1) is 16.9. The van der Waals surface area contributed by atoms with Crippen molar-refractivity contribution in [2.24, 2.45) is 17.8 Å². The van der Waals surface area contributed by atoms with Crippen LogP contribution in [0.4, 0.5) is 0 Å². The molecule has 0 aromatic heterocycles. The molecule has 1 heterocycles. The number of carbonyl (C=O) groups is 1. The highest BCUT2D eigenvalue weighted by molar-refractivity contribution is 5.69. The highest BCUT2D eigenvalue weighted by Crippen LogP contribution is 2.48. The molecule has 0 saturated carbocycles. The van der Waals surface area contributed by atoms with E-state index in [-0.39, 0.29) is 17.9 Å². The fourth-order valence-electron chi connectivity index (χ4n) is 4.94. The summed E-state index contributed by atoms with van der Waals surface area (Å²) < 4.78 is 33.7. The Morgan fingerprint density at radius 2 is 1.57 bits per heavy atom. The van der Waals surface area contributed by atoms with Gasteiger partial charge in [-0.25, -0.2) is 0 Å². The maximum Gasteiger partial charge on any atom is 0.306 e. The van der Waals surface area contributed by atoms with Crippen LogP contribution in [-0.2, 0) is 16.0 Å². The van der Waals surface area contributed by atoms with Crippen LogP contribution < -0.4 is 23.7 Å². The molecular weight excluding hydrogens is 452 g/mol. The highest BCUT2D eigenvalue weighted by atomic mass is 16.5. The van der Waals surface area contributed by atoms with Crippen molar-refractivity contribution in [2.75, 3.05) is 42.2 Å². The molecule has 1 unspecified atom stereocenters. The average molecular weight is 489 g/mol. The van der Waals surface area contributed by atoms with Gasteiger partial charge in [0.2, 0.25) is 5.75 Å². The molecule has 0 bridgehead atoms. The van der Waals surface area contributed by atoms with Crippen molar-refractivity contribution in [3.05, 3.63) is 41.5 Å². The predicted molar refractivity (Wildman–Crippen MR) is 131 cm³/mol. The molecule has 1 N–H and O–H groups in total. The van der Waals surface area contributed by atoms with Crippen LogP contribution in [0.3, 0.4) is 0 Å². The van der Waals surface area contributed by atoms with Crippen LogP contribution in [0.2, 0.25) is 0 Å². The van der Waals surface area contributed by atoms with Gasteiger partial charge in [-0.3, -0.25) is 4.79 Å². The molecule has 4 atom stereocenters. The molecule has 3 rings (SSSR count). The summed E-state index contributed by atoms with van der Waals surface area (Å²) in [7, 11) is 7.93. The highest BCUT2D eigenvalue weighted by Gasteiger charge is 2.41. The van der Waals surface area contributed by atoms with Crippen LogP contribution in [0.5, 0.6) is 28.7 Å². The third-order valence-electron chi connectivity index (χ3n) is 6.84. The summed E-state index contributed by atoms with van der Waals surface area (Å²) >= 11 is 0. The molecule has 1 aliphatic heterocycles. The van der Waals surface area contributed by atoms with Crippen molar-refractivity contribution in [2.45, 2.75) is 32.3 Å². The Kier molecular flexibility index (Phi) is 9.09. The topological polar surface area (TPSA) is 92.7 Å². The number of carboxylic acids is 1. The zero-order valence-electron chi connectivity index (χ0n) is 21.3. The maximum absolute atomic E-state index is 11.9. The van der Waals surface area contributed by atoms with Gasteiger partial charge in [-0.15, -0.1) is 0 Å². The van der Waals surface area contributed by atoms with Crippen LogP contribution in [0.25, 0.3) is 0 Å². The van der Waals surface area contributed by atoms with E-state index in [1.165, 1.54) is 0 Å². The van der Waals surface area contributed by atoms with E-state index in [0.29, 0.717) is 48.2 Å². The molecule has 0 spiro atoms. The number of methoxy groups -OCH3 is 5. The first-order valence-electron chi connectivity index (χ1n) is 11.8. The lowest BCUT2D eigenvalue weighted by Gasteiger charge is -2.27. The number of aliphatic carboxylic acids is 1. The third-order valence-corrected chi connectivity index (χ3v) is 6.84. The van der Waals surface area contributed by atoms with Crippen molar-refractivity contribution in [1.82, 2.24) is 0 Å². The van der Waals surface area contributed by atoms with Crippen LogP contribution in [-0.4, -0.2) is 53.2 Å². The molecule has 192 valence electrons. The van der Waals surface area contributed by atoms with Gasteiger partial charge in [0, 0.05) is 0 Å². The number of hydrogen-bond acceptors (Lipinski definition) is 7. The molecule has 1 aliphatic rings. The Bertz CT molecular complexity index is 980. The molecule has 1 fully saturated rings. The minimum Gasteiger partial charge on any atom is -0.493 e. The minimum atomic E-state index is -0.784. The fourth-order valence-corrected chi connectivity index (χ4v) is 4.94. The Morgan fingerprint density at radius 1 is 0.943 bits per heavy atom. The van der Waals surface area contributed by atoms with Gasteiger partial charge >= 0.3 is 5.97 Å². The van der Waals surface area contributed by atoms with E-state index in [1.54, 1.807) is 35.5 Å². The summed E-state index contributed by atoms with van der Waals surface area (Å²) in [4.78, 5) is 11.9. The molecular formula is C27H36O8. The molecule has 35 heavy (non-hydrogen) atoms. The number of hydrogen-bond donors (Lipinski definition) is 1. The van der Waals surface area contributed by atoms with Gasteiger partial charge in [0.25, 0.3) is 0 Å². The maximum atomic E-state index is 11.9. The lowest BCUT2D eigenvalue weighted by Crippen LogP contribution is -2.24. The smallest absolute Gasteiger partial charge is 0.306 e. The number of ether oxygens (including phenoxy) is 6. The quantitative estimate of drug-likeness (QED) is 0.456. The first kappa shape index (κ1) is 26.5. The normalized spacial score (nSPS) is 20.2. The lowest BCUT2D eigenvalue weighted by molar-refractivity contribution is -0.142. The Hall–Kier alpha value is -3.13. The van der Waals surface area contributed by atoms with Gasteiger partial charge < -0.3 is 33.5 Å². The van der Waals surface area contributed by atoms with Gasteiger partial charge in [0.05, 0.1) is 54.2 Å². The Balaban J connectivity index is 1.97. The fraction of sp³-hybridized carbons (Fsp3) is 0.519. The molecule has 2 aromatic rings. The monoisotopic (exact) mass is 488 g/mol. The number of benzene rings is 2. The van der Waals surface area contributed by atoms with Crippen molar-refractivity contribution in [3.63, 3.8) is 0 Å². The van der Waals surface area contributed by atoms with Crippen molar-refractivity contribution < 1.29 is 38.3 Å². The van der Waals surface area contributed by atoms with Crippen molar-refractivity contribution in [1.29, 1.82) is 0 Å². The van der Waals surface area contributed by atoms with E-state index >= 15 is 0 Å². The minimum absolute atomic E-state index is 0.0213. The number of carboxylic acid groups (broad SMARTS) is 1. The lowest BCUT2D eigenvalue weighted by atomic mass is 9.77. The summed E-state index contributed by atoms with van der Waals surface area (Å²) in [6, 6.07) is 9.65. The van der Waals surface area contributed by atoms with Gasteiger partial charge in [-0.1, -0.05) is 13.0 Å². The van der Waals surface area contributed by atoms with Gasteiger partial charge in [-0.2, -0.15) is 0 Å². The van der Waals surface area contributed by atoms with Crippen LogP contribution >= 0.6 is 0 Å². The Morgan fingerprint density at radius 3 is 2.09 bits per heavy atom. The SMILES string of the molecule is CCC(C[C@@H]1[C@@H](Cc2ccc(OC)c(OC)c2)CO[C@@H]1c1cc(OC)c(OC)c(OC)c1)C(=O)O. The molecule has 2 aromatic carbocycles. The van der Waals surface area contributed by atoms with Gasteiger partial charge in [0.1, 0.15) is 0 Å². The molecule has 8 heteroatoms. The zero-order valence-corrected chi connectivity index (χ0v) is 21.3. The molecule has 1 saturated heterocycles. The molecule has 0 radical (unpaired) electrons. The standard InChI is InChI=1S/C27H36O8/c1-7-17(27(28)29)12-20-19(10-16-8-9-21(30-2)22(11-16)31-3)15-35-25(20)18-13-23(32-4)26(34-6)24(14-18)33-5/h8-9,11,13-14,17,19-20,25H,7,10,12,15H2,1-6H3,(H,28,29)/t17?,19-,20+,25+/m0/s1. The molecule has 8 nitrogen and oxygen atoms in total.